The predicted octanol–water partition coefficient (Wildman–Crippen LogP) is 1.87. The van der Waals surface area contributed by atoms with Gasteiger partial charge in [0, 0.05) is 30.4 Å². The van der Waals surface area contributed by atoms with Crippen molar-refractivity contribution in [2.24, 2.45) is 17.4 Å². The van der Waals surface area contributed by atoms with Crippen molar-refractivity contribution in [3.8, 4) is 11.1 Å². The molecule has 2 heterocycles. The Balaban J connectivity index is 1.72. The number of anilines is 1. The van der Waals surface area contributed by atoms with Crippen molar-refractivity contribution >= 4 is 28.9 Å². The van der Waals surface area contributed by atoms with Crippen LogP contribution in [-0.4, -0.2) is 51.9 Å². The van der Waals surface area contributed by atoms with Crippen LogP contribution in [-0.2, 0) is 4.79 Å². The van der Waals surface area contributed by atoms with Crippen molar-refractivity contribution in [3.05, 3.63) is 53.9 Å². The number of likely N-dealkylation sites (N-methyl/N-ethyl adjacent to an activating group) is 1. The highest BCUT2D eigenvalue weighted by atomic mass is 16.2. The molecule has 3 amide bonds. The molecule has 9 heteroatoms. The first-order valence-corrected chi connectivity index (χ1v) is 10.5. The lowest BCUT2D eigenvalue weighted by Gasteiger charge is -2.17. The average Bonchev–Trinajstić information content (AvgIpc) is 3.51. The third-order valence-electron chi connectivity index (χ3n) is 5.79. The number of rotatable bonds is 8. The monoisotopic (exact) mass is 434 g/mol. The van der Waals surface area contributed by atoms with Gasteiger partial charge in [0.15, 0.2) is 0 Å². The van der Waals surface area contributed by atoms with Crippen LogP contribution in [0.5, 0.6) is 0 Å². The fourth-order valence-corrected chi connectivity index (χ4v) is 3.85. The number of fused-ring (bicyclic) bond motifs is 1. The molecule has 1 atom stereocenters. The topological polar surface area (TPSA) is 136 Å². The minimum atomic E-state index is -0.576. The molecular weight excluding hydrogens is 408 g/mol. The van der Waals surface area contributed by atoms with E-state index >= 15 is 0 Å². The molecule has 1 fully saturated rings. The first kappa shape index (κ1) is 21.4. The second-order valence-corrected chi connectivity index (χ2v) is 8.33. The highest BCUT2D eigenvalue weighted by Gasteiger charge is 2.29. The van der Waals surface area contributed by atoms with Crippen LogP contribution in [0.1, 0.15) is 40.5 Å². The van der Waals surface area contributed by atoms with E-state index in [2.05, 4.69) is 17.3 Å². The summed E-state index contributed by atoms with van der Waals surface area (Å²) in [6.07, 6.45) is 5.64. The van der Waals surface area contributed by atoms with Gasteiger partial charge in [-0.2, -0.15) is 5.10 Å². The van der Waals surface area contributed by atoms with E-state index in [1.165, 1.54) is 31.0 Å². The summed E-state index contributed by atoms with van der Waals surface area (Å²) >= 11 is 0. The second kappa shape index (κ2) is 8.33. The maximum absolute atomic E-state index is 12.6. The first-order chi connectivity index (χ1) is 15.2. The fraction of sp³-hybridized carbons (Fsp3) is 0.304. The molecule has 2 aromatic heterocycles. The van der Waals surface area contributed by atoms with Crippen LogP contribution in [0.25, 0.3) is 16.6 Å². The van der Waals surface area contributed by atoms with E-state index in [4.69, 9.17) is 11.5 Å². The number of nitrogens with one attached hydrogen (secondary N) is 1. The zero-order valence-corrected chi connectivity index (χ0v) is 18.0. The Morgan fingerprint density at radius 3 is 2.62 bits per heavy atom. The smallest absolute Gasteiger partial charge is 0.254 e. The van der Waals surface area contributed by atoms with E-state index in [0.29, 0.717) is 22.7 Å². The van der Waals surface area contributed by atoms with Crippen molar-refractivity contribution < 1.29 is 14.4 Å². The molecule has 166 valence electrons. The van der Waals surface area contributed by atoms with Gasteiger partial charge in [0.05, 0.1) is 29.5 Å². The number of nitrogens with zero attached hydrogens (tertiary/aromatic N) is 3. The van der Waals surface area contributed by atoms with Crippen LogP contribution in [0.3, 0.4) is 0 Å². The summed E-state index contributed by atoms with van der Waals surface area (Å²) in [7, 11) is 1.53. The van der Waals surface area contributed by atoms with Gasteiger partial charge in [0.1, 0.15) is 0 Å². The number of carbonyl (C=O) groups is 3. The van der Waals surface area contributed by atoms with Gasteiger partial charge in [-0.05, 0) is 49.4 Å². The number of aromatic nitrogens is 2. The van der Waals surface area contributed by atoms with Crippen molar-refractivity contribution in [2.45, 2.75) is 25.8 Å². The van der Waals surface area contributed by atoms with E-state index in [0.717, 1.165) is 16.6 Å². The molecule has 1 aliphatic rings. The van der Waals surface area contributed by atoms with Crippen LogP contribution in [0.15, 0.2) is 42.7 Å². The average molecular weight is 435 g/mol. The molecule has 0 radical (unpaired) electrons. The second-order valence-electron chi connectivity index (χ2n) is 8.33. The molecule has 4 rings (SSSR count). The molecule has 32 heavy (non-hydrogen) atoms. The molecule has 5 N–H and O–H groups in total. The summed E-state index contributed by atoms with van der Waals surface area (Å²) in [6, 6.07) is 9.22. The van der Waals surface area contributed by atoms with Crippen molar-refractivity contribution in [1.82, 2.24) is 14.5 Å². The lowest BCUT2D eigenvalue weighted by atomic mass is 10.0. The summed E-state index contributed by atoms with van der Waals surface area (Å²) in [5, 5.41) is 7.80. The van der Waals surface area contributed by atoms with Gasteiger partial charge in [-0.15, -0.1) is 0 Å². The van der Waals surface area contributed by atoms with Gasteiger partial charge in [0.25, 0.3) is 11.8 Å². The third-order valence-corrected chi connectivity index (χ3v) is 5.79. The van der Waals surface area contributed by atoms with Gasteiger partial charge in [-0.3, -0.25) is 14.4 Å². The van der Waals surface area contributed by atoms with E-state index in [1.807, 2.05) is 18.3 Å². The zero-order valence-electron chi connectivity index (χ0n) is 18.0. The molecular formula is C23H26N6O3. The van der Waals surface area contributed by atoms with Gasteiger partial charge >= 0.3 is 0 Å². The number of nitrogens with two attached hydrogens (primary N) is 2. The summed E-state index contributed by atoms with van der Waals surface area (Å²) in [5.74, 6) is -0.839. The van der Waals surface area contributed by atoms with Gasteiger partial charge in [0.2, 0.25) is 5.91 Å². The van der Waals surface area contributed by atoms with E-state index < -0.39 is 11.8 Å². The Morgan fingerprint density at radius 1 is 1.22 bits per heavy atom. The van der Waals surface area contributed by atoms with Crippen molar-refractivity contribution in [3.63, 3.8) is 0 Å². The van der Waals surface area contributed by atoms with Gasteiger partial charge in [-0.1, -0.05) is 12.1 Å². The molecule has 1 saturated carbocycles. The number of hydrogen-bond donors (Lipinski definition) is 3. The SMILES string of the molecule is C[C@@H](Nc1c(C(N)=O)cnn2cc(-c3cccc(C(=O)N(C)CC(N)=O)c3)cc12)C1CC1. The summed E-state index contributed by atoms with van der Waals surface area (Å²) in [5.41, 5.74) is 14.6. The minimum absolute atomic E-state index is 0.160. The number of carbonyl (C=O) groups excluding carboxylic acids is 3. The number of primary amides is 2. The minimum Gasteiger partial charge on any atom is -0.380 e. The molecule has 0 bridgehead atoms. The molecule has 1 aromatic carbocycles. The van der Waals surface area contributed by atoms with Crippen LogP contribution in [0, 0.1) is 5.92 Å². The molecule has 9 nitrogen and oxygen atoms in total. The van der Waals surface area contributed by atoms with Crippen LogP contribution < -0.4 is 16.8 Å². The van der Waals surface area contributed by atoms with Crippen molar-refractivity contribution in [1.29, 1.82) is 0 Å². The fourth-order valence-electron chi connectivity index (χ4n) is 3.85. The number of benzene rings is 1. The van der Waals surface area contributed by atoms with E-state index in [1.54, 1.807) is 22.7 Å². The molecule has 0 unspecified atom stereocenters. The van der Waals surface area contributed by atoms with Crippen LogP contribution in [0.4, 0.5) is 5.69 Å². The lowest BCUT2D eigenvalue weighted by molar-refractivity contribution is -0.118. The molecule has 0 spiro atoms. The molecule has 0 aliphatic heterocycles. The Bertz CT molecular complexity index is 1210. The van der Waals surface area contributed by atoms with Crippen molar-refractivity contribution in [2.75, 3.05) is 18.9 Å². The van der Waals surface area contributed by atoms with Gasteiger partial charge < -0.3 is 21.7 Å². The van der Waals surface area contributed by atoms with Crippen LogP contribution >= 0.6 is 0 Å². The maximum atomic E-state index is 12.6. The summed E-state index contributed by atoms with van der Waals surface area (Å²) in [4.78, 5) is 37.1. The largest absolute Gasteiger partial charge is 0.380 e. The molecule has 0 saturated heterocycles. The highest BCUT2D eigenvalue weighted by molar-refractivity contribution is 6.02. The maximum Gasteiger partial charge on any atom is 0.254 e. The Labute approximate surface area is 185 Å². The Hall–Kier alpha value is -3.88. The molecule has 1 aliphatic carbocycles. The lowest BCUT2D eigenvalue weighted by Crippen LogP contribution is -2.35. The predicted molar refractivity (Wildman–Crippen MR) is 121 cm³/mol. The highest BCUT2D eigenvalue weighted by Crippen LogP contribution is 2.36. The quantitative estimate of drug-likeness (QED) is 0.497. The normalized spacial score (nSPS) is 14.2. The first-order valence-electron chi connectivity index (χ1n) is 10.5. The molecule has 3 aromatic rings. The van der Waals surface area contributed by atoms with E-state index in [9.17, 15) is 14.4 Å². The number of amides is 3. The standard InChI is InChI=1S/C23H26N6O3/c1-13(14-6-7-14)27-21-18(22(25)31)10-26-29-11-17(9-19(21)29)15-4-3-5-16(8-15)23(32)28(2)12-20(24)30/h3-5,8-11,13-14,27H,6-7,12H2,1-2H3,(H2,24,30)(H2,25,31)/t13-/m1/s1. The number of hydrogen-bond acceptors (Lipinski definition) is 5. The summed E-state index contributed by atoms with van der Waals surface area (Å²) < 4.78 is 1.69. The van der Waals surface area contributed by atoms with Gasteiger partial charge in [-0.25, -0.2) is 4.52 Å². The summed E-state index contributed by atoms with van der Waals surface area (Å²) in [6.45, 7) is 1.94. The zero-order chi connectivity index (χ0) is 23.0. The third kappa shape index (κ3) is 4.27. The Kier molecular flexibility index (Phi) is 5.56. The van der Waals surface area contributed by atoms with E-state index in [-0.39, 0.29) is 18.5 Å². The Morgan fingerprint density at radius 2 is 1.97 bits per heavy atom. The van der Waals surface area contributed by atoms with Crippen LogP contribution in [0.2, 0.25) is 0 Å².